The zero-order valence-corrected chi connectivity index (χ0v) is 17.4. The van der Waals surface area contributed by atoms with Gasteiger partial charge >= 0.3 is 5.97 Å². The molecule has 1 atom stereocenters. The van der Waals surface area contributed by atoms with Crippen molar-refractivity contribution < 1.29 is 28.9 Å². The lowest BCUT2D eigenvalue weighted by molar-refractivity contribution is 0.0696. The highest BCUT2D eigenvalue weighted by atomic mass is 16.5. The lowest BCUT2D eigenvalue weighted by Gasteiger charge is -2.16. The highest BCUT2D eigenvalue weighted by molar-refractivity contribution is 6.04. The molecule has 0 radical (unpaired) electrons. The maximum absolute atomic E-state index is 12.7. The van der Waals surface area contributed by atoms with Crippen molar-refractivity contribution in [2.75, 3.05) is 19.0 Å². The smallest absolute Gasteiger partial charge is 0.335 e. The van der Waals surface area contributed by atoms with Crippen LogP contribution < -0.4 is 14.8 Å². The Hall–Kier alpha value is -3.85. The molecular formula is C22H23N3O6. The summed E-state index contributed by atoms with van der Waals surface area (Å²) in [4.78, 5) is 23.8. The molecule has 1 aromatic heterocycles. The fourth-order valence-corrected chi connectivity index (χ4v) is 2.80. The fourth-order valence-electron chi connectivity index (χ4n) is 2.80. The van der Waals surface area contributed by atoms with Crippen LogP contribution in [0.5, 0.6) is 17.2 Å². The number of anilines is 1. The molecule has 162 valence electrons. The first-order valence-corrected chi connectivity index (χ1v) is 9.47. The maximum Gasteiger partial charge on any atom is 0.335 e. The van der Waals surface area contributed by atoms with Crippen LogP contribution in [0.25, 0.3) is 0 Å². The number of carbonyl (C=O) groups excluding carboxylic acids is 1. The van der Waals surface area contributed by atoms with Gasteiger partial charge in [-0.1, -0.05) is 0 Å². The number of carboxylic acid groups (broad SMARTS) is 1. The summed E-state index contributed by atoms with van der Waals surface area (Å²) in [6.07, 6.45) is 1.47. The average molecular weight is 425 g/mol. The van der Waals surface area contributed by atoms with E-state index < -0.39 is 5.97 Å². The third-order valence-electron chi connectivity index (χ3n) is 4.17. The summed E-state index contributed by atoms with van der Waals surface area (Å²) in [5, 5.41) is 15.9. The number of nitrogens with one attached hydrogen (secondary N) is 1. The minimum atomic E-state index is -1.03. The van der Waals surface area contributed by atoms with Gasteiger partial charge in [-0.15, -0.1) is 0 Å². The van der Waals surface area contributed by atoms with E-state index in [9.17, 15) is 9.59 Å². The number of aromatic carboxylic acids is 1. The number of amides is 1. The molecule has 1 heterocycles. The largest absolute Gasteiger partial charge is 0.488 e. The van der Waals surface area contributed by atoms with Crippen molar-refractivity contribution in [1.82, 2.24) is 9.78 Å². The van der Waals surface area contributed by atoms with Crippen molar-refractivity contribution in [2.45, 2.75) is 13.0 Å². The molecule has 31 heavy (non-hydrogen) atoms. The van der Waals surface area contributed by atoms with Gasteiger partial charge in [-0.25, -0.2) is 4.79 Å². The van der Waals surface area contributed by atoms with Crippen LogP contribution in [0.4, 0.5) is 5.82 Å². The lowest BCUT2D eigenvalue weighted by Crippen LogP contribution is -2.18. The van der Waals surface area contributed by atoms with Gasteiger partial charge in [0.15, 0.2) is 5.82 Å². The number of methoxy groups -OCH3 is 1. The fraction of sp³-hybridized carbons (Fsp3) is 0.227. The summed E-state index contributed by atoms with van der Waals surface area (Å²) in [6.45, 7) is 2.21. The highest BCUT2D eigenvalue weighted by Gasteiger charge is 2.14. The van der Waals surface area contributed by atoms with Crippen LogP contribution >= 0.6 is 0 Å². The van der Waals surface area contributed by atoms with Crippen molar-refractivity contribution in [3.8, 4) is 17.2 Å². The molecule has 3 rings (SSSR count). The Balaban J connectivity index is 1.86. The Morgan fingerprint density at radius 3 is 2.39 bits per heavy atom. The van der Waals surface area contributed by atoms with Gasteiger partial charge in [0, 0.05) is 38.1 Å². The molecule has 9 heteroatoms. The normalized spacial score (nSPS) is 11.6. The van der Waals surface area contributed by atoms with E-state index in [1.54, 1.807) is 49.3 Å². The predicted octanol–water partition coefficient (Wildman–Crippen LogP) is 3.58. The van der Waals surface area contributed by atoms with E-state index in [1.165, 1.54) is 24.3 Å². The number of benzene rings is 2. The lowest BCUT2D eigenvalue weighted by atomic mass is 10.1. The summed E-state index contributed by atoms with van der Waals surface area (Å²) in [7, 11) is 3.33. The van der Waals surface area contributed by atoms with Crippen LogP contribution in [-0.2, 0) is 11.8 Å². The number of carbonyl (C=O) groups is 2. The molecule has 2 aromatic carbocycles. The molecule has 0 fully saturated rings. The molecule has 0 bridgehead atoms. The molecule has 0 saturated carbocycles. The Morgan fingerprint density at radius 1 is 1.06 bits per heavy atom. The Labute approximate surface area is 179 Å². The van der Waals surface area contributed by atoms with E-state index in [-0.39, 0.29) is 17.6 Å². The van der Waals surface area contributed by atoms with Crippen LogP contribution in [-0.4, -0.2) is 46.6 Å². The third-order valence-corrected chi connectivity index (χ3v) is 4.17. The second-order valence-corrected chi connectivity index (χ2v) is 6.84. The molecule has 1 amide bonds. The number of nitrogens with zero attached hydrogens (tertiary/aromatic N) is 2. The average Bonchev–Trinajstić information content (AvgIpc) is 3.13. The molecule has 0 aliphatic carbocycles. The van der Waals surface area contributed by atoms with E-state index >= 15 is 0 Å². The van der Waals surface area contributed by atoms with Gasteiger partial charge in [0.1, 0.15) is 23.4 Å². The first kappa shape index (κ1) is 21.8. The Bertz CT molecular complexity index is 1060. The Kier molecular flexibility index (Phi) is 6.88. The SMILES string of the molecule is COCC(C)Oc1cc(Oc2ccc(C(=O)O)cc2)cc(C(=O)Nc2ccn(C)n2)c1. The van der Waals surface area contributed by atoms with Gasteiger partial charge in [-0.3, -0.25) is 9.48 Å². The van der Waals surface area contributed by atoms with E-state index in [2.05, 4.69) is 10.4 Å². The van der Waals surface area contributed by atoms with Crippen molar-refractivity contribution in [2.24, 2.45) is 7.05 Å². The van der Waals surface area contributed by atoms with Crippen molar-refractivity contribution in [3.63, 3.8) is 0 Å². The third kappa shape index (κ3) is 6.06. The van der Waals surface area contributed by atoms with Gasteiger partial charge in [-0.05, 0) is 43.3 Å². The number of ether oxygens (including phenoxy) is 3. The standard InChI is InChI=1S/C22H23N3O6/c1-14(13-29-3)30-18-10-16(21(26)23-20-8-9-25(2)24-20)11-19(12-18)31-17-6-4-15(5-7-17)22(27)28/h4-12,14H,13H2,1-3H3,(H,27,28)(H,23,24,26). The van der Waals surface area contributed by atoms with Crippen LogP contribution in [0.1, 0.15) is 27.6 Å². The monoisotopic (exact) mass is 425 g/mol. The first-order valence-electron chi connectivity index (χ1n) is 9.47. The van der Waals surface area contributed by atoms with Crippen LogP contribution in [0.3, 0.4) is 0 Å². The van der Waals surface area contributed by atoms with Crippen molar-refractivity contribution in [1.29, 1.82) is 0 Å². The van der Waals surface area contributed by atoms with Gasteiger partial charge in [-0.2, -0.15) is 5.10 Å². The zero-order valence-electron chi connectivity index (χ0n) is 17.4. The molecule has 0 aliphatic rings. The minimum Gasteiger partial charge on any atom is -0.488 e. The summed E-state index contributed by atoms with van der Waals surface area (Å²) in [6, 6.07) is 12.5. The topological polar surface area (TPSA) is 112 Å². The Morgan fingerprint density at radius 2 is 1.77 bits per heavy atom. The molecule has 2 N–H and O–H groups in total. The number of hydrogen-bond acceptors (Lipinski definition) is 6. The van der Waals surface area contributed by atoms with E-state index in [4.69, 9.17) is 19.3 Å². The van der Waals surface area contributed by atoms with Gasteiger partial charge in [0.2, 0.25) is 0 Å². The highest BCUT2D eigenvalue weighted by Crippen LogP contribution is 2.29. The summed E-state index contributed by atoms with van der Waals surface area (Å²) in [5.74, 6) is 0.213. The second kappa shape index (κ2) is 9.77. The number of aromatic nitrogens is 2. The van der Waals surface area contributed by atoms with Crippen molar-refractivity contribution in [3.05, 3.63) is 65.9 Å². The van der Waals surface area contributed by atoms with Gasteiger partial charge in [0.25, 0.3) is 5.91 Å². The minimum absolute atomic E-state index is 0.147. The van der Waals surface area contributed by atoms with E-state index in [0.717, 1.165) is 0 Å². The maximum atomic E-state index is 12.7. The molecule has 0 saturated heterocycles. The van der Waals surface area contributed by atoms with Crippen LogP contribution in [0.15, 0.2) is 54.7 Å². The van der Waals surface area contributed by atoms with E-state index in [1.807, 2.05) is 6.92 Å². The summed E-state index contributed by atoms with van der Waals surface area (Å²) >= 11 is 0. The molecule has 1 unspecified atom stereocenters. The zero-order chi connectivity index (χ0) is 22.4. The number of carboxylic acids is 1. The van der Waals surface area contributed by atoms with Gasteiger partial charge in [0.05, 0.1) is 12.2 Å². The number of hydrogen-bond donors (Lipinski definition) is 2. The summed E-state index contributed by atoms with van der Waals surface area (Å²) in [5.41, 5.74) is 0.457. The van der Waals surface area contributed by atoms with Crippen molar-refractivity contribution >= 4 is 17.7 Å². The molecule has 9 nitrogen and oxygen atoms in total. The quantitative estimate of drug-likeness (QED) is 0.539. The molecule has 0 aliphatic heterocycles. The second-order valence-electron chi connectivity index (χ2n) is 6.84. The molecule has 0 spiro atoms. The summed E-state index contributed by atoms with van der Waals surface area (Å²) < 4.78 is 18.4. The van der Waals surface area contributed by atoms with Gasteiger partial charge < -0.3 is 24.6 Å². The molecular weight excluding hydrogens is 402 g/mol. The van der Waals surface area contributed by atoms with Crippen LogP contribution in [0.2, 0.25) is 0 Å². The van der Waals surface area contributed by atoms with E-state index in [0.29, 0.717) is 35.2 Å². The number of aryl methyl sites for hydroxylation is 1. The first-order chi connectivity index (χ1) is 14.8. The van der Waals surface area contributed by atoms with Crippen LogP contribution in [0, 0.1) is 0 Å². The number of rotatable bonds is 9. The predicted molar refractivity (Wildman–Crippen MR) is 113 cm³/mol. The molecule has 3 aromatic rings.